The second-order valence-corrected chi connectivity index (χ2v) is 6.67. The van der Waals surface area contributed by atoms with Crippen molar-refractivity contribution in [3.63, 3.8) is 0 Å². The molecule has 1 saturated carbocycles. The van der Waals surface area contributed by atoms with Crippen LogP contribution in [0.3, 0.4) is 0 Å². The van der Waals surface area contributed by atoms with E-state index >= 15 is 0 Å². The van der Waals surface area contributed by atoms with Crippen LogP contribution < -0.4 is 5.73 Å². The highest BCUT2D eigenvalue weighted by Gasteiger charge is 2.29. The molecule has 3 nitrogen and oxygen atoms in total. The maximum atomic E-state index is 6.13. The van der Waals surface area contributed by atoms with E-state index in [-0.39, 0.29) is 0 Å². The largest absolute Gasteiger partial charge is 0.329 e. The molecule has 2 atom stereocenters. The Kier molecular flexibility index (Phi) is 4.63. The van der Waals surface area contributed by atoms with Gasteiger partial charge in [-0.25, -0.2) is 0 Å². The number of hydrogen-bond acceptors (Lipinski definition) is 3. The van der Waals surface area contributed by atoms with Gasteiger partial charge in [0.05, 0.1) is 0 Å². The molecule has 2 N–H and O–H groups in total. The molecule has 21 heavy (non-hydrogen) atoms. The summed E-state index contributed by atoms with van der Waals surface area (Å²) in [5.41, 5.74) is 9.07. The van der Waals surface area contributed by atoms with E-state index in [9.17, 15) is 0 Å². The van der Waals surface area contributed by atoms with Crippen LogP contribution in [0.5, 0.6) is 0 Å². The summed E-state index contributed by atoms with van der Waals surface area (Å²) in [6.07, 6.45) is 2.73. The molecule has 1 aromatic carbocycles. The first kappa shape index (κ1) is 15.0. The molecule has 0 radical (unpaired) electrons. The molecule has 2 unspecified atom stereocenters. The fourth-order valence-corrected chi connectivity index (χ4v) is 3.71. The van der Waals surface area contributed by atoms with E-state index in [0.717, 1.165) is 32.1 Å². The van der Waals surface area contributed by atoms with Gasteiger partial charge in [-0.15, -0.1) is 0 Å². The molecule has 1 aromatic rings. The molecule has 3 heteroatoms. The number of benzene rings is 1. The van der Waals surface area contributed by atoms with Crippen LogP contribution in [0.15, 0.2) is 24.3 Å². The normalized spacial score (nSPS) is 26.0. The number of hydrogen-bond donors (Lipinski definition) is 1. The minimum atomic E-state index is 0.380. The lowest BCUT2D eigenvalue weighted by molar-refractivity contribution is 0.0606. The Morgan fingerprint density at radius 2 is 2.10 bits per heavy atom. The molecule has 0 aromatic heterocycles. The van der Waals surface area contributed by atoms with Crippen molar-refractivity contribution < 1.29 is 0 Å². The molecular weight excluding hydrogens is 258 g/mol. The predicted molar refractivity (Wildman–Crippen MR) is 88.5 cm³/mol. The minimum Gasteiger partial charge on any atom is -0.329 e. The van der Waals surface area contributed by atoms with Gasteiger partial charge in [-0.3, -0.25) is 9.80 Å². The summed E-state index contributed by atoms with van der Waals surface area (Å²) >= 11 is 0. The van der Waals surface area contributed by atoms with Gasteiger partial charge in [0.1, 0.15) is 0 Å². The monoisotopic (exact) mass is 287 g/mol. The average Bonchev–Trinajstić information content (AvgIpc) is 3.33. The molecule has 1 heterocycles. The highest BCUT2D eigenvalue weighted by atomic mass is 15.3. The predicted octanol–water partition coefficient (Wildman–Crippen LogP) is 2.59. The van der Waals surface area contributed by atoms with Crippen LogP contribution in [0.4, 0.5) is 0 Å². The highest BCUT2D eigenvalue weighted by Crippen LogP contribution is 2.40. The van der Waals surface area contributed by atoms with Gasteiger partial charge in [0.15, 0.2) is 0 Å². The number of piperazine rings is 1. The molecule has 0 bridgehead atoms. The molecule has 3 rings (SSSR count). The second-order valence-electron chi connectivity index (χ2n) is 6.67. The van der Waals surface area contributed by atoms with Crippen LogP contribution >= 0.6 is 0 Å². The van der Waals surface area contributed by atoms with E-state index in [0.29, 0.717) is 18.6 Å². The van der Waals surface area contributed by atoms with E-state index in [4.69, 9.17) is 5.73 Å². The van der Waals surface area contributed by atoms with Crippen LogP contribution in [-0.4, -0.2) is 48.6 Å². The van der Waals surface area contributed by atoms with Gasteiger partial charge in [0.2, 0.25) is 0 Å². The Morgan fingerprint density at radius 1 is 1.29 bits per heavy atom. The maximum absolute atomic E-state index is 6.13. The minimum absolute atomic E-state index is 0.380. The summed E-state index contributed by atoms with van der Waals surface area (Å²) < 4.78 is 0. The van der Waals surface area contributed by atoms with Crippen LogP contribution in [-0.2, 0) is 0 Å². The zero-order valence-corrected chi connectivity index (χ0v) is 13.5. The van der Waals surface area contributed by atoms with Crippen LogP contribution in [0.1, 0.15) is 49.8 Å². The van der Waals surface area contributed by atoms with Crippen molar-refractivity contribution in [2.45, 2.75) is 44.7 Å². The Morgan fingerprint density at radius 3 is 2.71 bits per heavy atom. The van der Waals surface area contributed by atoms with Crippen molar-refractivity contribution >= 4 is 0 Å². The van der Waals surface area contributed by atoms with Gasteiger partial charge in [-0.1, -0.05) is 31.2 Å². The van der Waals surface area contributed by atoms with Gasteiger partial charge < -0.3 is 5.73 Å². The summed E-state index contributed by atoms with van der Waals surface area (Å²) in [7, 11) is 0. The molecule has 116 valence electrons. The Hall–Kier alpha value is -0.900. The molecule has 1 aliphatic heterocycles. The highest BCUT2D eigenvalue weighted by molar-refractivity contribution is 5.31. The van der Waals surface area contributed by atoms with Gasteiger partial charge in [0.25, 0.3) is 0 Å². The summed E-state index contributed by atoms with van der Waals surface area (Å²) in [4.78, 5) is 5.15. The van der Waals surface area contributed by atoms with Gasteiger partial charge >= 0.3 is 0 Å². The van der Waals surface area contributed by atoms with E-state index in [1.807, 2.05) is 0 Å². The fourth-order valence-electron chi connectivity index (χ4n) is 3.71. The topological polar surface area (TPSA) is 32.5 Å². The molecule has 0 amide bonds. The summed E-state index contributed by atoms with van der Waals surface area (Å²) in [5.74, 6) is 0.819. The van der Waals surface area contributed by atoms with Crippen molar-refractivity contribution in [3.8, 4) is 0 Å². The number of nitrogens with two attached hydrogens (primary N) is 1. The zero-order valence-electron chi connectivity index (χ0n) is 13.5. The smallest absolute Gasteiger partial charge is 0.0471 e. The third-order valence-corrected chi connectivity index (χ3v) is 5.21. The molecule has 2 aliphatic rings. The maximum Gasteiger partial charge on any atom is 0.0471 e. The first-order chi connectivity index (χ1) is 10.2. The van der Waals surface area contributed by atoms with Crippen molar-refractivity contribution in [1.29, 1.82) is 0 Å². The van der Waals surface area contributed by atoms with Crippen LogP contribution in [0.2, 0.25) is 0 Å². The van der Waals surface area contributed by atoms with Gasteiger partial charge in [-0.05, 0) is 43.4 Å². The summed E-state index contributed by atoms with van der Waals surface area (Å²) in [5, 5.41) is 0. The van der Waals surface area contributed by atoms with Crippen molar-refractivity contribution in [2.75, 3.05) is 32.7 Å². The van der Waals surface area contributed by atoms with E-state index in [1.54, 1.807) is 0 Å². The van der Waals surface area contributed by atoms with Crippen molar-refractivity contribution in [2.24, 2.45) is 5.73 Å². The van der Waals surface area contributed by atoms with Crippen molar-refractivity contribution in [3.05, 3.63) is 35.4 Å². The first-order valence-electron chi connectivity index (χ1n) is 8.51. The third kappa shape index (κ3) is 3.31. The second kappa shape index (κ2) is 6.47. The van der Waals surface area contributed by atoms with E-state index < -0.39 is 0 Å². The van der Waals surface area contributed by atoms with Gasteiger partial charge in [-0.2, -0.15) is 0 Å². The molecule has 0 spiro atoms. The van der Waals surface area contributed by atoms with Crippen LogP contribution in [0, 0.1) is 0 Å². The van der Waals surface area contributed by atoms with E-state index in [1.165, 1.54) is 24.0 Å². The third-order valence-electron chi connectivity index (χ3n) is 5.21. The summed E-state index contributed by atoms with van der Waals surface area (Å²) in [6, 6.07) is 10.2. The van der Waals surface area contributed by atoms with E-state index in [2.05, 4.69) is 47.9 Å². The SMILES string of the molecule is CCN1CCN(C(CN)c2cccc(C3CC3)c2)CC1C. The lowest BCUT2D eigenvalue weighted by Crippen LogP contribution is -2.53. The number of likely N-dealkylation sites (N-methyl/N-ethyl adjacent to an activating group) is 1. The first-order valence-corrected chi connectivity index (χ1v) is 8.51. The Labute approximate surface area is 129 Å². The Bertz CT molecular complexity index is 469. The number of rotatable bonds is 5. The zero-order chi connectivity index (χ0) is 14.8. The summed E-state index contributed by atoms with van der Waals surface area (Å²) in [6.45, 7) is 9.88. The quantitative estimate of drug-likeness (QED) is 0.903. The standard InChI is InChI=1S/C18H29N3/c1-3-20-9-10-21(13-14(20)2)18(12-19)17-6-4-5-16(11-17)15-7-8-15/h4-6,11,14-15,18H,3,7-10,12-13,19H2,1-2H3. The fraction of sp³-hybridized carbons (Fsp3) is 0.667. The van der Waals surface area contributed by atoms with Crippen LogP contribution in [0.25, 0.3) is 0 Å². The van der Waals surface area contributed by atoms with Gasteiger partial charge in [0, 0.05) is 38.3 Å². The molecule has 1 aliphatic carbocycles. The Balaban J connectivity index is 1.74. The number of nitrogens with zero attached hydrogens (tertiary/aromatic N) is 2. The van der Waals surface area contributed by atoms with Crippen molar-refractivity contribution in [1.82, 2.24) is 9.80 Å². The molecule has 2 fully saturated rings. The molecule has 1 saturated heterocycles. The lowest BCUT2D eigenvalue weighted by Gasteiger charge is -2.43. The molecular formula is C18H29N3. The average molecular weight is 287 g/mol. The lowest BCUT2D eigenvalue weighted by atomic mass is 9.99.